The number of benzene rings is 1. The minimum atomic E-state index is -4.57. The van der Waals surface area contributed by atoms with Crippen molar-refractivity contribution in [2.24, 2.45) is 5.92 Å². The summed E-state index contributed by atoms with van der Waals surface area (Å²) in [5.74, 6) is -0.377. The highest BCUT2D eigenvalue weighted by Gasteiger charge is 2.44. The van der Waals surface area contributed by atoms with Gasteiger partial charge in [-0.15, -0.1) is 0 Å². The third-order valence-corrected chi connectivity index (χ3v) is 6.35. The van der Waals surface area contributed by atoms with Gasteiger partial charge in [-0.2, -0.15) is 13.2 Å². The molecule has 1 N–H and O–H groups in total. The van der Waals surface area contributed by atoms with Crippen molar-refractivity contribution in [1.29, 1.82) is 0 Å². The van der Waals surface area contributed by atoms with Gasteiger partial charge in [-0.3, -0.25) is 4.79 Å². The fraction of sp³-hybridized carbons (Fsp3) is 0.348. The number of rotatable bonds is 4. The number of piperidine rings is 2. The molecule has 1 amide bonds. The number of carbonyl (C=O) groups is 1. The molecule has 1 aromatic carbocycles. The van der Waals surface area contributed by atoms with E-state index in [4.69, 9.17) is 0 Å². The molecule has 6 rings (SSSR count). The summed E-state index contributed by atoms with van der Waals surface area (Å²) in [7, 11) is 0. The molecule has 2 saturated heterocycles. The molecule has 7 nitrogen and oxygen atoms in total. The molecule has 11 heteroatoms. The fourth-order valence-electron chi connectivity index (χ4n) is 4.83. The lowest BCUT2D eigenvalue weighted by Gasteiger charge is -2.50. The summed E-state index contributed by atoms with van der Waals surface area (Å²) < 4.78 is 53.1. The summed E-state index contributed by atoms with van der Waals surface area (Å²) in [5, 5.41) is 3.15. The standard InChI is InChI=1S/C23H20F4N6O/c24-15-4-1-3-14(20(15)21-28-7-2-8-29-21)22(34)33-12-13-5-6-17(33)16(9-13)32-19-11-30-18(10-31-19)23(25,26)27/h1-4,7-8,10-11,13,16-17H,5-6,9,12H2,(H,31,32)/t13-,16+,17-/m1/s1. The number of halogens is 4. The molecule has 2 bridgehead atoms. The Morgan fingerprint density at radius 3 is 2.50 bits per heavy atom. The Morgan fingerprint density at radius 1 is 1.03 bits per heavy atom. The van der Waals surface area contributed by atoms with E-state index in [2.05, 4.69) is 25.3 Å². The number of nitrogens with one attached hydrogen (secondary N) is 1. The number of nitrogens with zero attached hydrogens (tertiary/aromatic N) is 5. The van der Waals surface area contributed by atoms with Crippen LogP contribution in [0.15, 0.2) is 49.1 Å². The lowest BCUT2D eigenvalue weighted by molar-refractivity contribution is -0.141. The predicted molar refractivity (Wildman–Crippen MR) is 114 cm³/mol. The van der Waals surface area contributed by atoms with Crippen molar-refractivity contribution in [3.63, 3.8) is 0 Å². The van der Waals surface area contributed by atoms with Crippen molar-refractivity contribution < 1.29 is 22.4 Å². The van der Waals surface area contributed by atoms with Crippen LogP contribution in [-0.4, -0.2) is 49.4 Å². The number of anilines is 1. The maximum atomic E-state index is 14.8. The first-order chi connectivity index (χ1) is 16.3. The van der Waals surface area contributed by atoms with Crippen LogP contribution in [-0.2, 0) is 6.18 Å². The molecule has 3 atom stereocenters. The summed E-state index contributed by atoms with van der Waals surface area (Å²) in [6.07, 6.45) is 2.53. The Labute approximate surface area is 192 Å². The van der Waals surface area contributed by atoms with Gasteiger partial charge in [-0.05, 0) is 43.4 Å². The van der Waals surface area contributed by atoms with Gasteiger partial charge in [-0.25, -0.2) is 24.3 Å². The van der Waals surface area contributed by atoms with Crippen molar-refractivity contribution >= 4 is 11.7 Å². The third kappa shape index (κ3) is 4.17. The van der Waals surface area contributed by atoms with Gasteiger partial charge in [-0.1, -0.05) is 6.07 Å². The summed E-state index contributed by atoms with van der Waals surface area (Å²) >= 11 is 0. The third-order valence-electron chi connectivity index (χ3n) is 6.35. The van der Waals surface area contributed by atoms with Crippen LogP contribution in [0.5, 0.6) is 0 Å². The zero-order valence-corrected chi connectivity index (χ0v) is 17.8. The van der Waals surface area contributed by atoms with E-state index in [0.717, 1.165) is 19.0 Å². The quantitative estimate of drug-likeness (QED) is 0.573. The topological polar surface area (TPSA) is 83.9 Å². The normalized spacial score (nSPS) is 22.0. The second-order valence-corrected chi connectivity index (χ2v) is 8.47. The van der Waals surface area contributed by atoms with Crippen LogP contribution >= 0.6 is 0 Å². The van der Waals surface area contributed by atoms with Crippen molar-refractivity contribution in [2.45, 2.75) is 37.5 Å². The Hall–Kier alpha value is -3.63. The SMILES string of the molecule is O=C(c1cccc(F)c1-c1ncccn1)N1C[C@@H]2CC[C@@H]1[C@@H](Nc1cnc(C(F)(F)F)cn1)C2. The Balaban J connectivity index is 1.40. The van der Waals surface area contributed by atoms with Gasteiger partial charge in [0.05, 0.1) is 29.6 Å². The van der Waals surface area contributed by atoms with Crippen LogP contribution < -0.4 is 5.32 Å². The molecule has 34 heavy (non-hydrogen) atoms. The number of amides is 1. The number of hydrogen-bond acceptors (Lipinski definition) is 6. The van der Waals surface area contributed by atoms with Gasteiger partial charge >= 0.3 is 6.18 Å². The maximum Gasteiger partial charge on any atom is 0.434 e. The summed E-state index contributed by atoms with van der Waals surface area (Å²) in [6.45, 7) is 0.520. The smallest absolute Gasteiger partial charge is 0.364 e. The molecule has 0 spiro atoms. The molecule has 1 saturated carbocycles. The molecule has 3 aliphatic rings. The molecule has 0 radical (unpaired) electrons. The molecule has 0 unspecified atom stereocenters. The zero-order chi connectivity index (χ0) is 23.9. The van der Waals surface area contributed by atoms with Gasteiger partial charge in [0.1, 0.15) is 11.6 Å². The van der Waals surface area contributed by atoms with E-state index in [1.54, 1.807) is 17.0 Å². The zero-order valence-electron chi connectivity index (χ0n) is 17.8. The second kappa shape index (κ2) is 8.62. The summed E-state index contributed by atoms with van der Waals surface area (Å²) in [5.41, 5.74) is -0.846. The molecular weight excluding hydrogens is 452 g/mol. The van der Waals surface area contributed by atoms with E-state index in [9.17, 15) is 22.4 Å². The second-order valence-electron chi connectivity index (χ2n) is 8.47. The molecule has 3 fully saturated rings. The van der Waals surface area contributed by atoms with Crippen LogP contribution in [0.4, 0.5) is 23.4 Å². The van der Waals surface area contributed by atoms with Gasteiger partial charge in [0.15, 0.2) is 11.5 Å². The molecular formula is C23H20F4N6O. The molecule has 1 aliphatic carbocycles. The maximum absolute atomic E-state index is 14.8. The Morgan fingerprint density at radius 2 is 1.82 bits per heavy atom. The molecule has 4 heterocycles. The van der Waals surface area contributed by atoms with E-state index < -0.39 is 17.7 Å². The number of carbonyl (C=O) groups excluding carboxylic acids is 1. The lowest BCUT2D eigenvalue weighted by atomic mass is 9.76. The Kier molecular flexibility index (Phi) is 5.62. The number of aromatic nitrogens is 4. The summed E-state index contributed by atoms with van der Waals surface area (Å²) in [4.78, 5) is 30.9. The number of hydrogen-bond donors (Lipinski definition) is 1. The average Bonchev–Trinajstić information content (AvgIpc) is 2.84. The van der Waals surface area contributed by atoms with Crippen molar-refractivity contribution in [3.05, 3.63) is 66.1 Å². The van der Waals surface area contributed by atoms with Crippen LogP contribution in [0.25, 0.3) is 11.4 Å². The minimum Gasteiger partial charge on any atom is -0.364 e. The monoisotopic (exact) mass is 472 g/mol. The van der Waals surface area contributed by atoms with Crippen LogP contribution in [0.3, 0.4) is 0 Å². The average molecular weight is 472 g/mol. The molecule has 2 aromatic heterocycles. The highest BCUT2D eigenvalue weighted by atomic mass is 19.4. The first kappa shape index (κ1) is 22.2. The van der Waals surface area contributed by atoms with E-state index in [0.29, 0.717) is 19.2 Å². The number of fused-ring (bicyclic) bond motifs is 3. The largest absolute Gasteiger partial charge is 0.434 e. The van der Waals surface area contributed by atoms with Crippen molar-refractivity contribution in [2.75, 3.05) is 11.9 Å². The van der Waals surface area contributed by atoms with Crippen LogP contribution in [0, 0.1) is 11.7 Å². The van der Waals surface area contributed by atoms with E-state index in [-0.39, 0.29) is 46.7 Å². The highest BCUT2D eigenvalue weighted by Crippen LogP contribution is 2.38. The van der Waals surface area contributed by atoms with E-state index in [1.807, 2.05) is 0 Å². The van der Waals surface area contributed by atoms with Crippen LogP contribution in [0.2, 0.25) is 0 Å². The van der Waals surface area contributed by atoms with Gasteiger partial charge < -0.3 is 10.2 Å². The summed E-state index contributed by atoms with van der Waals surface area (Å²) in [6, 6.07) is 5.46. The first-order valence-electron chi connectivity index (χ1n) is 10.8. The van der Waals surface area contributed by atoms with Crippen molar-refractivity contribution in [1.82, 2.24) is 24.8 Å². The van der Waals surface area contributed by atoms with E-state index >= 15 is 0 Å². The minimum absolute atomic E-state index is 0.0488. The Bertz CT molecular complexity index is 1190. The van der Waals surface area contributed by atoms with E-state index in [1.165, 1.54) is 24.5 Å². The van der Waals surface area contributed by atoms with Crippen LogP contribution in [0.1, 0.15) is 35.3 Å². The number of alkyl halides is 3. The first-order valence-corrected chi connectivity index (χ1v) is 10.8. The molecule has 176 valence electrons. The van der Waals surface area contributed by atoms with Crippen molar-refractivity contribution in [3.8, 4) is 11.4 Å². The molecule has 2 aliphatic heterocycles. The molecule has 3 aromatic rings. The van der Waals surface area contributed by atoms with Gasteiger partial charge in [0.2, 0.25) is 0 Å². The van der Waals surface area contributed by atoms with Gasteiger partial charge in [0, 0.05) is 25.0 Å². The predicted octanol–water partition coefficient (Wildman–Crippen LogP) is 4.20. The fourth-order valence-corrected chi connectivity index (χ4v) is 4.83. The van der Waals surface area contributed by atoms with Gasteiger partial charge in [0.25, 0.3) is 5.91 Å². The highest BCUT2D eigenvalue weighted by molar-refractivity contribution is 6.00. The lowest BCUT2D eigenvalue weighted by Crippen LogP contribution is -2.59.